The zero-order chi connectivity index (χ0) is 17.6. The number of aromatic nitrogens is 2. The number of likely N-dealkylation sites (tertiary alicyclic amines) is 1. The van der Waals surface area contributed by atoms with Gasteiger partial charge in [0.15, 0.2) is 0 Å². The van der Waals surface area contributed by atoms with E-state index in [2.05, 4.69) is 27.8 Å². The minimum Gasteiger partial charge on any atom is -0.327 e. The summed E-state index contributed by atoms with van der Waals surface area (Å²) in [6.45, 7) is 8.53. The van der Waals surface area contributed by atoms with Gasteiger partial charge in [-0.1, -0.05) is 20.3 Å². The van der Waals surface area contributed by atoms with Crippen LogP contribution < -0.4 is 5.32 Å². The molecule has 1 N–H and O–H groups in total. The van der Waals surface area contributed by atoms with E-state index in [0.717, 1.165) is 43.0 Å². The lowest BCUT2D eigenvalue weighted by Crippen LogP contribution is -2.21. The molecule has 0 saturated carbocycles. The molecule has 5 nitrogen and oxygen atoms in total. The fourth-order valence-corrected chi connectivity index (χ4v) is 3.54. The molecule has 0 atom stereocenters. The van der Waals surface area contributed by atoms with Crippen molar-refractivity contribution in [2.45, 2.75) is 65.5 Å². The van der Waals surface area contributed by atoms with Gasteiger partial charge in [-0.3, -0.25) is 9.69 Å². The van der Waals surface area contributed by atoms with Crippen LogP contribution in [0.25, 0.3) is 11.0 Å². The zero-order valence-corrected chi connectivity index (χ0v) is 15.6. The first-order chi connectivity index (χ1) is 12.2. The second-order valence-electron chi connectivity index (χ2n) is 7.02. The molecule has 1 aromatic carbocycles. The third kappa shape index (κ3) is 4.40. The van der Waals surface area contributed by atoms with Crippen molar-refractivity contribution in [3.8, 4) is 0 Å². The van der Waals surface area contributed by atoms with Crippen molar-refractivity contribution in [1.29, 1.82) is 0 Å². The van der Waals surface area contributed by atoms with Gasteiger partial charge in [0, 0.05) is 18.7 Å². The number of nitrogens with one attached hydrogen (secondary N) is 1. The van der Waals surface area contributed by atoms with Crippen LogP contribution in [0.2, 0.25) is 0 Å². The van der Waals surface area contributed by atoms with Crippen LogP contribution in [0, 0.1) is 0 Å². The molecule has 1 fully saturated rings. The molecule has 25 heavy (non-hydrogen) atoms. The summed E-state index contributed by atoms with van der Waals surface area (Å²) >= 11 is 0. The van der Waals surface area contributed by atoms with Gasteiger partial charge in [0.1, 0.15) is 5.82 Å². The Morgan fingerprint density at radius 1 is 1.20 bits per heavy atom. The number of fused-ring (bicyclic) bond motifs is 1. The number of carbonyl (C=O) groups is 1. The van der Waals surface area contributed by atoms with Crippen LogP contribution in [0.4, 0.5) is 5.69 Å². The fraction of sp³-hybridized carbons (Fsp3) is 0.600. The number of benzene rings is 1. The van der Waals surface area contributed by atoms with Gasteiger partial charge in [0.05, 0.1) is 17.6 Å². The van der Waals surface area contributed by atoms with Crippen LogP contribution >= 0.6 is 0 Å². The van der Waals surface area contributed by atoms with Crippen molar-refractivity contribution in [3.05, 3.63) is 24.0 Å². The molecular weight excluding hydrogens is 312 g/mol. The third-order valence-corrected chi connectivity index (χ3v) is 4.89. The van der Waals surface area contributed by atoms with Gasteiger partial charge in [-0.25, -0.2) is 4.98 Å². The van der Waals surface area contributed by atoms with Crippen LogP contribution in [-0.2, 0) is 17.9 Å². The Labute approximate surface area is 150 Å². The first-order valence-corrected chi connectivity index (χ1v) is 9.72. The van der Waals surface area contributed by atoms with E-state index < -0.39 is 0 Å². The molecule has 2 aromatic rings. The lowest BCUT2D eigenvalue weighted by atomic mass is 10.2. The lowest BCUT2D eigenvalue weighted by Gasteiger charge is -2.15. The van der Waals surface area contributed by atoms with E-state index in [1.165, 1.54) is 37.9 Å². The summed E-state index contributed by atoms with van der Waals surface area (Å²) in [7, 11) is 0. The van der Waals surface area contributed by atoms with Gasteiger partial charge in [-0.05, 0) is 57.0 Å². The number of hydrogen-bond acceptors (Lipinski definition) is 3. The topological polar surface area (TPSA) is 50.2 Å². The predicted molar refractivity (Wildman–Crippen MR) is 103 cm³/mol. The van der Waals surface area contributed by atoms with Crippen molar-refractivity contribution in [3.63, 3.8) is 0 Å². The standard InChI is InChI=1S/C20H30N4O/c1-3-5-13-24-18-10-9-16(21-20(25)8-4-2)14-17(18)22-19(24)15-23-11-6-7-12-23/h9-10,14H,3-8,11-13,15H2,1-2H3,(H,21,25). The number of imidazole rings is 1. The first-order valence-electron chi connectivity index (χ1n) is 9.72. The molecule has 0 aliphatic carbocycles. The molecule has 1 saturated heterocycles. The molecule has 1 aliphatic heterocycles. The number of rotatable bonds is 8. The Morgan fingerprint density at radius 2 is 2.00 bits per heavy atom. The van der Waals surface area contributed by atoms with E-state index in [0.29, 0.717) is 6.42 Å². The summed E-state index contributed by atoms with van der Waals surface area (Å²) in [4.78, 5) is 19.3. The Balaban J connectivity index is 1.86. The van der Waals surface area contributed by atoms with Crippen LogP contribution in [0.1, 0.15) is 58.2 Å². The highest BCUT2D eigenvalue weighted by Crippen LogP contribution is 2.23. The predicted octanol–water partition coefficient (Wildman–Crippen LogP) is 4.17. The molecule has 0 spiro atoms. The fourth-order valence-electron chi connectivity index (χ4n) is 3.54. The van der Waals surface area contributed by atoms with Crippen molar-refractivity contribution in [2.24, 2.45) is 0 Å². The molecule has 136 valence electrons. The number of amides is 1. The summed E-state index contributed by atoms with van der Waals surface area (Å²) in [5.74, 6) is 1.23. The van der Waals surface area contributed by atoms with E-state index in [1.54, 1.807) is 0 Å². The van der Waals surface area contributed by atoms with E-state index in [4.69, 9.17) is 4.98 Å². The Morgan fingerprint density at radius 3 is 2.72 bits per heavy atom. The number of aryl methyl sites for hydroxylation is 1. The number of carbonyl (C=O) groups excluding carboxylic acids is 1. The quantitative estimate of drug-likeness (QED) is 0.783. The Bertz CT molecular complexity index is 716. The van der Waals surface area contributed by atoms with Gasteiger partial charge in [0.2, 0.25) is 5.91 Å². The Kier molecular flexibility index (Phi) is 6.08. The minimum absolute atomic E-state index is 0.0737. The number of nitrogens with zero attached hydrogens (tertiary/aromatic N) is 3. The van der Waals surface area contributed by atoms with Gasteiger partial charge >= 0.3 is 0 Å². The second-order valence-corrected chi connectivity index (χ2v) is 7.02. The molecule has 5 heteroatoms. The summed E-state index contributed by atoms with van der Waals surface area (Å²) in [6.07, 6.45) is 6.34. The summed E-state index contributed by atoms with van der Waals surface area (Å²) < 4.78 is 2.37. The molecule has 1 aromatic heterocycles. The molecule has 0 radical (unpaired) electrons. The maximum absolute atomic E-state index is 11.8. The second kappa shape index (κ2) is 8.48. The maximum atomic E-state index is 11.8. The van der Waals surface area contributed by atoms with Crippen LogP contribution in [-0.4, -0.2) is 33.4 Å². The van der Waals surface area contributed by atoms with Crippen LogP contribution in [0.15, 0.2) is 18.2 Å². The first kappa shape index (κ1) is 17.9. The van der Waals surface area contributed by atoms with Crippen LogP contribution in [0.3, 0.4) is 0 Å². The van der Waals surface area contributed by atoms with Crippen molar-refractivity contribution in [2.75, 3.05) is 18.4 Å². The largest absolute Gasteiger partial charge is 0.327 e. The van der Waals surface area contributed by atoms with Gasteiger partial charge in [-0.15, -0.1) is 0 Å². The highest BCUT2D eigenvalue weighted by molar-refractivity contribution is 5.93. The molecular formula is C20H30N4O. The molecule has 0 unspecified atom stereocenters. The van der Waals surface area contributed by atoms with Crippen molar-refractivity contribution in [1.82, 2.24) is 14.5 Å². The van der Waals surface area contributed by atoms with Gasteiger partial charge in [-0.2, -0.15) is 0 Å². The van der Waals surface area contributed by atoms with Crippen LogP contribution in [0.5, 0.6) is 0 Å². The normalized spacial score (nSPS) is 15.1. The average Bonchev–Trinajstić information content (AvgIpc) is 3.21. The highest BCUT2D eigenvalue weighted by Gasteiger charge is 2.17. The van der Waals surface area contributed by atoms with E-state index in [1.807, 2.05) is 19.1 Å². The van der Waals surface area contributed by atoms with E-state index in [-0.39, 0.29) is 5.91 Å². The molecule has 2 heterocycles. The number of unbranched alkanes of at least 4 members (excludes halogenated alkanes) is 1. The zero-order valence-electron chi connectivity index (χ0n) is 15.6. The van der Waals surface area contributed by atoms with Gasteiger partial charge in [0.25, 0.3) is 0 Å². The molecule has 1 amide bonds. The monoisotopic (exact) mass is 342 g/mol. The summed E-state index contributed by atoms with van der Waals surface area (Å²) in [5, 5.41) is 2.98. The number of anilines is 1. The number of hydrogen-bond donors (Lipinski definition) is 1. The summed E-state index contributed by atoms with van der Waals surface area (Å²) in [5.41, 5.74) is 3.01. The molecule has 0 bridgehead atoms. The molecule has 1 aliphatic rings. The molecule has 3 rings (SSSR count). The Hall–Kier alpha value is -1.88. The average molecular weight is 342 g/mol. The van der Waals surface area contributed by atoms with E-state index in [9.17, 15) is 4.79 Å². The highest BCUT2D eigenvalue weighted by atomic mass is 16.1. The van der Waals surface area contributed by atoms with Crippen molar-refractivity contribution < 1.29 is 4.79 Å². The van der Waals surface area contributed by atoms with E-state index >= 15 is 0 Å². The minimum atomic E-state index is 0.0737. The van der Waals surface area contributed by atoms with Crippen molar-refractivity contribution >= 4 is 22.6 Å². The third-order valence-electron chi connectivity index (χ3n) is 4.89. The maximum Gasteiger partial charge on any atom is 0.224 e. The summed E-state index contributed by atoms with van der Waals surface area (Å²) in [6, 6.07) is 6.12. The SMILES string of the molecule is CCCCn1c(CN2CCCC2)nc2cc(NC(=O)CCC)ccc21. The lowest BCUT2D eigenvalue weighted by molar-refractivity contribution is -0.116. The smallest absolute Gasteiger partial charge is 0.224 e. The van der Waals surface area contributed by atoms with Gasteiger partial charge < -0.3 is 9.88 Å².